The summed E-state index contributed by atoms with van der Waals surface area (Å²) in [6.07, 6.45) is 4.39. The number of hydrogen-bond acceptors (Lipinski definition) is 6. The van der Waals surface area contributed by atoms with Crippen LogP contribution in [0.15, 0.2) is 72.8 Å². The predicted octanol–water partition coefficient (Wildman–Crippen LogP) is 5.04. The van der Waals surface area contributed by atoms with Crippen molar-refractivity contribution in [1.29, 1.82) is 0 Å². The van der Waals surface area contributed by atoms with Crippen LogP contribution in [0.1, 0.15) is 49.3 Å². The molecule has 0 unspecified atom stereocenters. The number of aliphatic hydroxyl groups is 1. The van der Waals surface area contributed by atoms with E-state index in [9.17, 15) is 14.7 Å². The van der Waals surface area contributed by atoms with Crippen LogP contribution < -0.4 is 20.6 Å². The molecule has 48 heavy (non-hydrogen) atoms. The van der Waals surface area contributed by atoms with Gasteiger partial charge in [0.1, 0.15) is 5.75 Å². The third-order valence-corrected chi connectivity index (χ3v) is 15.5. The molecule has 0 saturated carbocycles. The number of methoxy groups -OCH3 is 1. The van der Waals surface area contributed by atoms with Gasteiger partial charge in [0, 0.05) is 12.2 Å². The molecule has 256 valence electrons. The molecule has 8 nitrogen and oxygen atoms in total. The number of ether oxygens (including phenoxy) is 2. The highest BCUT2D eigenvalue weighted by atomic mass is 28.3. The summed E-state index contributed by atoms with van der Waals surface area (Å²) in [6.45, 7) is 8.47. The van der Waals surface area contributed by atoms with Gasteiger partial charge in [-0.25, -0.2) is 0 Å². The molecular formula is C39H51N3O5Si. The quantitative estimate of drug-likeness (QED) is 0.248. The Balaban J connectivity index is 1.17. The molecule has 3 aromatic carbocycles. The van der Waals surface area contributed by atoms with Crippen LogP contribution in [0, 0.1) is 5.92 Å². The molecule has 0 radical (unpaired) electrons. The van der Waals surface area contributed by atoms with Crippen molar-refractivity contribution in [2.24, 2.45) is 5.92 Å². The molecule has 0 aromatic heterocycles. The summed E-state index contributed by atoms with van der Waals surface area (Å²) in [4.78, 5) is 28.5. The van der Waals surface area contributed by atoms with Crippen LogP contribution >= 0.6 is 0 Å². The van der Waals surface area contributed by atoms with E-state index in [4.69, 9.17) is 9.47 Å². The summed E-state index contributed by atoms with van der Waals surface area (Å²) >= 11 is 0. The van der Waals surface area contributed by atoms with Gasteiger partial charge in [0.05, 0.1) is 52.5 Å². The van der Waals surface area contributed by atoms with Crippen molar-refractivity contribution in [2.45, 2.75) is 94.9 Å². The van der Waals surface area contributed by atoms with Gasteiger partial charge < -0.3 is 30.1 Å². The largest absolute Gasteiger partial charge is 0.497 e. The lowest BCUT2D eigenvalue weighted by Gasteiger charge is -2.39. The minimum atomic E-state index is -2.14. The number of hydrogen-bond donors (Lipinski definition) is 3. The van der Waals surface area contributed by atoms with E-state index in [1.165, 1.54) is 16.3 Å². The van der Waals surface area contributed by atoms with Crippen molar-refractivity contribution >= 4 is 30.8 Å². The van der Waals surface area contributed by atoms with Crippen LogP contribution in [0.25, 0.3) is 0 Å². The molecule has 2 amide bonds. The zero-order valence-electron chi connectivity index (χ0n) is 28.8. The summed E-state index contributed by atoms with van der Waals surface area (Å²) in [5.74, 6) is 1.18. The number of benzene rings is 3. The van der Waals surface area contributed by atoms with Gasteiger partial charge in [-0.2, -0.15) is 0 Å². The molecule has 3 aliphatic rings. The number of amides is 2. The van der Waals surface area contributed by atoms with Crippen molar-refractivity contribution in [1.82, 2.24) is 10.2 Å². The van der Waals surface area contributed by atoms with E-state index in [-0.39, 0.29) is 54.2 Å². The monoisotopic (exact) mass is 669 g/mol. The first kappa shape index (κ1) is 34.4. The minimum absolute atomic E-state index is 0.0152. The van der Waals surface area contributed by atoms with E-state index >= 15 is 0 Å². The molecule has 0 aliphatic carbocycles. The Labute approximate surface area is 286 Å². The Hall–Kier alpha value is -3.50. The number of nitrogens with one attached hydrogen (secondary N) is 2. The van der Waals surface area contributed by atoms with E-state index in [1.54, 1.807) is 7.11 Å². The zero-order chi connectivity index (χ0) is 33.8. The summed E-state index contributed by atoms with van der Waals surface area (Å²) < 4.78 is 12.4. The number of carbonyl (C=O) groups is 2. The van der Waals surface area contributed by atoms with Crippen molar-refractivity contribution in [3.63, 3.8) is 0 Å². The number of fused-ring (bicyclic) bond motifs is 1. The number of nitrogens with zero attached hydrogens (tertiary/aromatic N) is 1. The minimum Gasteiger partial charge on any atom is -0.497 e. The normalized spacial score (nSPS) is 25.5. The lowest BCUT2D eigenvalue weighted by molar-refractivity contribution is -0.138. The van der Waals surface area contributed by atoms with Crippen molar-refractivity contribution in [3.05, 3.63) is 89.5 Å². The maximum atomic E-state index is 14.1. The Kier molecular flexibility index (Phi) is 10.7. The van der Waals surface area contributed by atoms with Gasteiger partial charge in [-0.1, -0.05) is 73.7 Å². The predicted molar refractivity (Wildman–Crippen MR) is 192 cm³/mol. The van der Waals surface area contributed by atoms with Gasteiger partial charge in [-0.15, -0.1) is 0 Å². The number of rotatable bonds is 11. The second kappa shape index (κ2) is 14.9. The van der Waals surface area contributed by atoms with Crippen LogP contribution in [-0.4, -0.2) is 74.4 Å². The molecule has 2 fully saturated rings. The molecule has 6 rings (SSSR count). The topological polar surface area (TPSA) is 100 Å². The van der Waals surface area contributed by atoms with E-state index < -0.39 is 8.07 Å². The van der Waals surface area contributed by atoms with E-state index in [0.717, 1.165) is 49.2 Å². The highest BCUT2D eigenvalue weighted by Crippen LogP contribution is 2.47. The Morgan fingerprint density at radius 3 is 2.42 bits per heavy atom. The van der Waals surface area contributed by atoms with E-state index in [0.29, 0.717) is 19.4 Å². The maximum Gasteiger partial charge on any atom is 0.241 e. The number of aryl methyl sites for hydroxylation is 1. The molecule has 9 heteroatoms. The fourth-order valence-electron chi connectivity index (χ4n) is 8.38. The lowest BCUT2D eigenvalue weighted by Crippen LogP contribution is -2.52. The molecule has 0 spiro atoms. The smallest absolute Gasteiger partial charge is 0.241 e. The third kappa shape index (κ3) is 7.39. The Morgan fingerprint density at radius 1 is 1.02 bits per heavy atom. The van der Waals surface area contributed by atoms with Crippen LogP contribution in [0.5, 0.6) is 5.75 Å². The van der Waals surface area contributed by atoms with Gasteiger partial charge in [-0.3, -0.25) is 9.59 Å². The standard InChI is InChI=1S/C39H51N3O5Si/c1-26-35(20-13-27-11-14-30(15-12-27)41-39(45)34-10-7-21-40-34)47-36(38(26)48(3,4)33-18-16-32(46-2)17-19-33)23-37(44)42-24-29-9-6-5-8-28(29)22-31(42)25-43/h5-6,8-9,11-12,14-19,26,31,34-36,38,40,43H,7,10,13,20-25H2,1-4H3,(H,41,45)/t26-,31-,34+,35+,36-,38+/m0/s1. The van der Waals surface area contributed by atoms with Crippen LogP contribution in [0.2, 0.25) is 18.6 Å². The summed E-state index contributed by atoms with van der Waals surface area (Å²) in [5, 5.41) is 17.9. The molecule has 3 N–H and O–H groups in total. The summed E-state index contributed by atoms with van der Waals surface area (Å²) in [6, 6.07) is 24.5. The van der Waals surface area contributed by atoms with Gasteiger partial charge in [0.15, 0.2) is 0 Å². The van der Waals surface area contributed by atoms with Gasteiger partial charge in [-0.05, 0) is 91.1 Å². The van der Waals surface area contributed by atoms with Gasteiger partial charge in [0.25, 0.3) is 0 Å². The van der Waals surface area contributed by atoms with Gasteiger partial charge in [0.2, 0.25) is 11.8 Å². The van der Waals surface area contributed by atoms with Crippen molar-refractivity contribution in [3.8, 4) is 5.75 Å². The van der Waals surface area contributed by atoms with Crippen LogP contribution in [-0.2, 0) is 33.7 Å². The second-order valence-corrected chi connectivity index (χ2v) is 19.1. The lowest BCUT2D eigenvalue weighted by atomic mass is 9.93. The molecule has 3 heterocycles. The fourth-order valence-corrected chi connectivity index (χ4v) is 12.4. The molecule has 3 aromatic rings. The Morgan fingerprint density at radius 2 is 1.75 bits per heavy atom. The molecule has 2 saturated heterocycles. The third-order valence-electron chi connectivity index (χ3n) is 11.1. The van der Waals surface area contributed by atoms with E-state index in [2.05, 4.69) is 67.0 Å². The highest BCUT2D eigenvalue weighted by molar-refractivity contribution is 6.91. The van der Waals surface area contributed by atoms with Crippen molar-refractivity contribution in [2.75, 3.05) is 25.6 Å². The summed E-state index contributed by atoms with van der Waals surface area (Å²) in [5.41, 5.74) is 4.60. The van der Waals surface area contributed by atoms with Crippen molar-refractivity contribution < 1.29 is 24.2 Å². The summed E-state index contributed by atoms with van der Waals surface area (Å²) in [7, 11) is -0.451. The highest BCUT2D eigenvalue weighted by Gasteiger charge is 2.51. The average molecular weight is 670 g/mol. The van der Waals surface area contributed by atoms with Crippen LogP contribution in [0.3, 0.4) is 0 Å². The zero-order valence-corrected chi connectivity index (χ0v) is 29.8. The first-order valence-corrected chi connectivity index (χ1v) is 20.7. The Bertz CT molecular complexity index is 1560. The first-order chi connectivity index (χ1) is 23.2. The maximum absolute atomic E-state index is 14.1. The fraction of sp³-hybridized carbons (Fsp3) is 0.487. The number of anilines is 1. The first-order valence-electron chi connectivity index (χ1n) is 17.6. The van der Waals surface area contributed by atoms with E-state index in [1.807, 2.05) is 41.3 Å². The second-order valence-electron chi connectivity index (χ2n) is 14.5. The van der Waals surface area contributed by atoms with Crippen LogP contribution in [0.4, 0.5) is 5.69 Å². The molecule has 0 bridgehead atoms. The number of aliphatic hydroxyl groups excluding tert-OH is 1. The molecule has 3 aliphatic heterocycles. The van der Waals surface area contributed by atoms with Gasteiger partial charge >= 0.3 is 0 Å². The average Bonchev–Trinajstić information content (AvgIpc) is 3.76. The SMILES string of the molecule is COc1ccc([Si](C)(C)[C@@H]2[C@@H](C)[C@@H](CCc3ccc(NC(=O)[C@H]4CCCN4)cc3)O[C@H]2CC(=O)N2Cc3ccccc3C[C@H]2CO)cc1. The number of carbonyl (C=O) groups excluding carboxylic acids is 2. The molecule has 6 atom stereocenters. The molecular weight excluding hydrogens is 619 g/mol.